The van der Waals surface area contributed by atoms with Crippen molar-refractivity contribution in [2.24, 2.45) is 0 Å². The number of nitrogens with one attached hydrogen (secondary N) is 1. The van der Waals surface area contributed by atoms with Gasteiger partial charge in [0.05, 0.1) is 17.6 Å². The monoisotopic (exact) mass is 465 g/mol. The number of benzene rings is 1. The maximum atomic E-state index is 13.5. The van der Waals surface area contributed by atoms with Crippen molar-refractivity contribution in [3.63, 3.8) is 0 Å². The number of nitrogens with zero attached hydrogens (tertiary/aromatic N) is 4. The predicted molar refractivity (Wildman–Crippen MR) is 112 cm³/mol. The zero-order valence-corrected chi connectivity index (χ0v) is 18.4. The largest absolute Gasteiger partial charge is 0.496 e. The Kier molecular flexibility index (Phi) is 5.82. The van der Waals surface area contributed by atoms with Gasteiger partial charge in [0, 0.05) is 13.1 Å². The molecule has 0 radical (unpaired) electrons. The molecule has 150 valence electrons. The SMILES string of the molecule is COc1ccc([C@@H]2Nn3c(C)nnc3S[C@H]2C(=O)N2CCCCCC2)cc1Br. The number of likely N-dealkylation sites (tertiary alicyclic amines) is 1. The van der Waals surface area contributed by atoms with Crippen LogP contribution in [0, 0.1) is 6.92 Å². The van der Waals surface area contributed by atoms with Gasteiger partial charge in [-0.25, -0.2) is 4.68 Å². The molecule has 2 aromatic rings. The van der Waals surface area contributed by atoms with Gasteiger partial charge in [-0.3, -0.25) is 4.79 Å². The number of rotatable bonds is 3. The van der Waals surface area contributed by atoms with Crippen LogP contribution < -0.4 is 10.2 Å². The van der Waals surface area contributed by atoms with Gasteiger partial charge in [-0.15, -0.1) is 10.2 Å². The first-order valence-corrected chi connectivity index (χ1v) is 11.2. The predicted octanol–water partition coefficient (Wildman–Crippen LogP) is 3.52. The molecule has 0 spiro atoms. The van der Waals surface area contributed by atoms with Crippen LogP contribution in [0.3, 0.4) is 0 Å². The van der Waals surface area contributed by atoms with E-state index in [4.69, 9.17) is 4.74 Å². The molecule has 28 heavy (non-hydrogen) atoms. The van der Waals surface area contributed by atoms with E-state index in [0.717, 1.165) is 52.7 Å². The molecule has 9 heteroatoms. The minimum Gasteiger partial charge on any atom is -0.496 e. The molecule has 4 rings (SSSR count). The average Bonchev–Trinajstić information content (AvgIpc) is 2.90. The highest BCUT2D eigenvalue weighted by Crippen LogP contribution is 2.39. The molecule has 1 aromatic carbocycles. The quantitative estimate of drug-likeness (QED) is 0.747. The topological polar surface area (TPSA) is 72.3 Å². The van der Waals surface area contributed by atoms with E-state index < -0.39 is 0 Å². The molecule has 2 atom stereocenters. The van der Waals surface area contributed by atoms with Gasteiger partial charge >= 0.3 is 0 Å². The number of ether oxygens (including phenoxy) is 1. The van der Waals surface area contributed by atoms with Crippen LogP contribution in [0.5, 0.6) is 5.75 Å². The lowest BCUT2D eigenvalue weighted by Crippen LogP contribution is -2.46. The number of hydrogen-bond acceptors (Lipinski definition) is 6. The van der Waals surface area contributed by atoms with Gasteiger partial charge in [-0.05, 0) is 53.4 Å². The Morgan fingerprint density at radius 2 is 2.00 bits per heavy atom. The van der Waals surface area contributed by atoms with Crippen LogP contribution >= 0.6 is 27.7 Å². The number of aryl methyl sites for hydroxylation is 1. The first-order valence-electron chi connectivity index (χ1n) is 9.56. The number of hydrogen-bond donors (Lipinski definition) is 1. The van der Waals surface area contributed by atoms with Crippen LogP contribution in [-0.4, -0.2) is 51.1 Å². The molecule has 1 amide bonds. The van der Waals surface area contributed by atoms with Crippen LogP contribution in [0.15, 0.2) is 27.8 Å². The second-order valence-corrected chi connectivity index (χ2v) is 9.11. The summed E-state index contributed by atoms with van der Waals surface area (Å²) < 4.78 is 8.10. The normalized spacial score (nSPS) is 22.2. The molecule has 2 aliphatic rings. The smallest absolute Gasteiger partial charge is 0.238 e. The Hall–Kier alpha value is -1.74. The summed E-state index contributed by atoms with van der Waals surface area (Å²) in [5, 5.41) is 8.84. The summed E-state index contributed by atoms with van der Waals surface area (Å²) in [5.41, 5.74) is 4.49. The van der Waals surface area contributed by atoms with Crippen molar-refractivity contribution in [3.05, 3.63) is 34.1 Å². The molecular weight excluding hydrogens is 442 g/mol. The molecule has 1 N–H and O–H groups in total. The lowest BCUT2D eigenvalue weighted by molar-refractivity contribution is -0.131. The number of fused-ring (bicyclic) bond motifs is 1. The van der Waals surface area contributed by atoms with Crippen LogP contribution in [0.1, 0.15) is 43.1 Å². The second-order valence-electron chi connectivity index (χ2n) is 7.14. The summed E-state index contributed by atoms with van der Waals surface area (Å²) in [6.07, 6.45) is 4.54. The highest BCUT2D eigenvalue weighted by Gasteiger charge is 2.39. The van der Waals surface area contributed by atoms with Crippen molar-refractivity contribution in [1.82, 2.24) is 19.8 Å². The highest BCUT2D eigenvalue weighted by atomic mass is 79.9. The van der Waals surface area contributed by atoms with E-state index in [9.17, 15) is 4.79 Å². The molecule has 1 fully saturated rings. The molecule has 0 bridgehead atoms. The van der Waals surface area contributed by atoms with Crippen LogP contribution in [0.4, 0.5) is 0 Å². The molecule has 1 aromatic heterocycles. The Bertz CT molecular complexity index is 866. The van der Waals surface area contributed by atoms with E-state index in [2.05, 4.69) is 31.6 Å². The van der Waals surface area contributed by atoms with Crippen molar-refractivity contribution in [2.45, 2.75) is 49.1 Å². The second kappa shape index (κ2) is 8.32. The number of halogens is 1. The molecule has 2 aliphatic heterocycles. The van der Waals surface area contributed by atoms with E-state index >= 15 is 0 Å². The zero-order chi connectivity index (χ0) is 19.7. The summed E-state index contributed by atoms with van der Waals surface area (Å²) in [5.74, 6) is 1.72. The third kappa shape index (κ3) is 3.74. The molecule has 3 heterocycles. The van der Waals surface area contributed by atoms with Crippen molar-refractivity contribution < 1.29 is 9.53 Å². The first-order chi connectivity index (χ1) is 13.6. The van der Waals surface area contributed by atoms with E-state index in [-0.39, 0.29) is 17.2 Å². The minimum absolute atomic E-state index is 0.170. The van der Waals surface area contributed by atoms with Gasteiger partial charge in [-0.2, -0.15) is 0 Å². The van der Waals surface area contributed by atoms with Gasteiger partial charge in [0.15, 0.2) is 0 Å². The van der Waals surface area contributed by atoms with Crippen LogP contribution in [-0.2, 0) is 4.79 Å². The number of carbonyl (C=O) groups is 1. The molecule has 0 saturated carbocycles. The molecule has 0 aliphatic carbocycles. The fourth-order valence-corrected chi connectivity index (χ4v) is 5.51. The number of aromatic nitrogens is 3. The lowest BCUT2D eigenvalue weighted by atomic mass is 10.0. The van der Waals surface area contributed by atoms with Gasteiger partial charge in [0.2, 0.25) is 11.1 Å². The van der Waals surface area contributed by atoms with E-state index in [1.165, 1.54) is 24.6 Å². The highest BCUT2D eigenvalue weighted by molar-refractivity contribution is 9.10. The van der Waals surface area contributed by atoms with Gasteiger partial charge < -0.3 is 15.1 Å². The first kappa shape index (κ1) is 19.6. The van der Waals surface area contributed by atoms with Crippen molar-refractivity contribution in [1.29, 1.82) is 0 Å². The maximum Gasteiger partial charge on any atom is 0.238 e. The maximum absolute atomic E-state index is 13.5. The third-order valence-corrected chi connectivity index (χ3v) is 7.12. The number of thioether (sulfide) groups is 1. The van der Waals surface area contributed by atoms with Crippen molar-refractivity contribution in [3.8, 4) is 5.75 Å². The van der Waals surface area contributed by atoms with E-state index in [1.54, 1.807) is 7.11 Å². The fraction of sp³-hybridized carbons (Fsp3) is 0.526. The molecule has 7 nitrogen and oxygen atoms in total. The minimum atomic E-state index is -0.297. The summed E-state index contributed by atoms with van der Waals surface area (Å²) >= 11 is 5.06. The summed E-state index contributed by atoms with van der Waals surface area (Å²) in [4.78, 5) is 15.5. The van der Waals surface area contributed by atoms with Gasteiger partial charge in [-0.1, -0.05) is 30.7 Å². The fourth-order valence-electron chi connectivity index (χ4n) is 3.75. The third-order valence-electron chi connectivity index (χ3n) is 5.29. The number of methoxy groups -OCH3 is 1. The Balaban J connectivity index is 1.68. The van der Waals surface area contributed by atoms with Crippen LogP contribution in [0.25, 0.3) is 0 Å². The summed E-state index contributed by atoms with van der Waals surface area (Å²) in [6, 6.07) is 5.76. The molecular formula is C19H24BrN5O2S. The number of amides is 1. The summed E-state index contributed by atoms with van der Waals surface area (Å²) in [7, 11) is 1.65. The standard InChI is InChI=1S/C19H24BrN5O2S/c1-12-21-22-19-25(12)23-16(13-7-8-15(27-2)14(20)11-13)17(28-19)18(26)24-9-5-3-4-6-10-24/h7-8,11,16-17,23H,3-6,9-10H2,1-2H3/t16-,17+/m0/s1. The Labute approximate surface area is 177 Å². The summed E-state index contributed by atoms with van der Waals surface area (Å²) in [6.45, 7) is 3.57. The molecule has 0 unspecified atom stereocenters. The number of carbonyl (C=O) groups excluding carboxylic acids is 1. The lowest BCUT2D eigenvalue weighted by Gasteiger charge is -2.35. The average molecular weight is 466 g/mol. The van der Waals surface area contributed by atoms with Crippen molar-refractivity contribution in [2.75, 3.05) is 25.6 Å². The van der Waals surface area contributed by atoms with E-state index in [1.807, 2.05) is 34.7 Å². The zero-order valence-electron chi connectivity index (χ0n) is 16.0. The van der Waals surface area contributed by atoms with Crippen LogP contribution in [0.2, 0.25) is 0 Å². The Morgan fingerprint density at radius 1 is 1.25 bits per heavy atom. The van der Waals surface area contributed by atoms with E-state index in [0.29, 0.717) is 0 Å². The van der Waals surface area contributed by atoms with Crippen molar-refractivity contribution >= 4 is 33.6 Å². The Morgan fingerprint density at radius 3 is 2.68 bits per heavy atom. The molecule has 1 saturated heterocycles. The van der Waals surface area contributed by atoms with Gasteiger partial charge in [0.25, 0.3) is 0 Å². The van der Waals surface area contributed by atoms with Gasteiger partial charge in [0.1, 0.15) is 16.8 Å².